The summed E-state index contributed by atoms with van der Waals surface area (Å²) in [6, 6.07) is 26.4. The second-order valence-electron chi connectivity index (χ2n) is 16.2. The molecule has 3 rings (SSSR count). The predicted molar refractivity (Wildman–Crippen MR) is 239 cm³/mol. The molecular formula is C51H75NO5. The molecule has 3 aromatic rings. The highest BCUT2D eigenvalue weighted by Gasteiger charge is 2.13. The fourth-order valence-corrected chi connectivity index (χ4v) is 6.93. The molecule has 314 valence electrons. The number of carbonyl (C=O) groups is 2. The molecule has 0 saturated heterocycles. The molecule has 6 heteroatoms. The number of hydrogen-bond donors (Lipinski definition) is 0. The molecule has 0 bridgehead atoms. The lowest BCUT2D eigenvalue weighted by Gasteiger charge is -2.26. The van der Waals surface area contributed by atoms with E-state index in [0.29, 0.717) is 18.8 Å². The molecule has 0 aliphatic heterocycles. The monoisotopic (exact) mass is 782 g/mol. The first-order chi connectivity index (χ1) is 27.7. The zero-order valence-corrected chi connectivity index (χ0v) is 36.2. The average Bonchev–Trinajstić information content (AvgIpc) is 3.21. The second-order valence-corrected chi connectivity index (χ2v) is 16.2. The van der Waals surface area contributed by atoms with Gasteiger partial charge in [0.25, 0.3) is 0 Å². The number of benzene rings is 3. The number of rotatable bonds is 32. The van der Waals surface area contributed by atoms with Crippen LogP contribution in [0.25, 0.3) is 0 Å². The Morgan fingerprint density at radius 1 is 0.526 bits per heavy atom. The van der Waals surface area contributed by atoms with E-state index in [4.69, 9.17) is 14.2 Å². The SMILES string of the molecule is C=C(C)C(=O)OCCCCCCCCCCCCOc1ccc(N(c2ccc(C)cc2)c2ccc(CCCCCCCCCCCCOC(=O)C(C)C)cc2)cc1. The smallest absolute Gasteiger partial charge is 0.333 e. The van der Waals surface area contributed by atoms with Gasteiger partial charge >= 0.3 is 11.9 Å². The van der Waals surface area contributed by atoms with Gasteiger partial charge in [0.2, 0.25) is 0 Å². The molecule has 0 saturated carbocycles. The van der Waals surface area contributed by atoms with Crippen molar-refractivity contribution in [2.24, 2.45) is 5.92 Å². The van der Waals surface area contributed by atoms with Gasteiger partial charge in [-0.05, 0) is 100 Å². The van der Waals surface area contributed by atoms with Crippen molar-refractivity contribution >= 4 is 29.0 Å². The van der Waals surface area contributed by atoms with E-state index in [0.717, 1.165) is 67.9 Å². The van der Waals surface area contributed by atoms with Crippen LogP contribution in [-0.4, -0.2) is 31.8 Å². The Balaban J connectivity index is 1.30. The minimum absolute atomic E-state index is 0.0296. The van der Waals surface area contributed by atoms with E-state index < -0.39 is 0 Å². The summed E-state index contributed by atoms with van der Waals surface area (Å²) in [5.41, 5.74) is 6.56. The first-order valence-electron chi connectivity index (χ1n) is 22.4. The van der Waals surface area contributed by atoms with Crippen molar-refractivity contribution in [1.82, 2.24) is 0 Å². The van der Waals surface area contributed by atoms with Gasteiger partial charge in [0.05, 0.1) is 25.7 Å². The summed E-state index contributed by atoms with van der Waals surface area (Å²) >= 11 is 0. The lowest BCUT2D eigenvalue weighted by molar-refractivity contribution is -0.147. The summed E-state index contributed by atoms with van der Waals surface area (Å²) in [7, 11) is 0. The molecule has 3 aromatic carbocycles. The minimum atomic E-state index is -0.278. The van der Waals surface area contributed by atoms with Crippen LogP contribution in [0.3, 0.4) is 0 Å². The first kappa shape index (κ1) is 47.3. The molecule has 6 nitrogen and oxygen atoms in total. The fourth-order valence-electron chi connectivity index (χ4n) is 6.93. The van der Waals surface area contributed by atoms with Crippen LogP contribution in [-0.2, 0) is 25.5 Å². The lowest BCUT2D eigenvalue weighted by Crippen LogP contribution is -2.12. The quantitative estimate of drug-likeness (QED) is 0.0357. The van der Waals surface area contributed by atoms with Crippen molar-refractivity contribution in [2.75, 3.05) is 24.7 Å². The predicted octanol–water partition coefficient (Wildman–Crippen LogP) is 14.5. The Labute approximate surface area is 346 Å². The van der Waals surface area contributed by atoms with Crippen molar-refractivity contribution in [2.45, 2.75) is 163 Å². The number of anilines is 3. The Bertz CT molecular complexity index is 1510. The van der Waals surface area contributed by atoms with Gasteiger partial charge in [0, 0.05) is 22.6 Å². The Hall–Kier alpha value is -4.06. The van der Waals surface area contributed by atoms with E-state index >= 15 is 0 Å². The van der Waals surface area contributed by atoms with Gasteiger partial charge in [0.1, 0.15) is 5.75 Å². The molecule has 0 N–H and O–H groups in total. The molecule has 0 unspecified atom stereocenters. The van der Waals surface area contributed by atoms with Gasteiger partial charge in [0.15, 0.2) is 0 Å². The van der Waals surface area contributed by atoms with Crippen LogP contribution in [0.5, 0.6) is 5.75 Å². The number of aryl methyl sites for hydroxylation is 2. The Morgan fingerprint density at radius 3 is 1.37 bits per heavy atom. The summed E-state index contributed by atoms with van der Waals surface area (Å²) in [6.07, 6.45) is 25.5. The number of unbranched alkanes of at least 4 members (excludes halogenated alkanes) is 18. The molecule has 0 heterocycles. The van der Waals surface area contributed by atoms with Crippen LogP contribution < -0.4 is 9.64 Å². The van der Waals surface area contributed by atoms with Crippen molar-refractivity contribution < 1.29 is 23.8 Å². The maximum absolute atomic E-state index is 11.5. The highest BCUT2D eigenvalue weighted by Crippen LogP contribution is 2.35. The van der Waals surface area contributed by atoms with Crippen LogP contribution >= 0.6 is 0 Å². The summed E-state index contributed by atoms with van der Waals surface area (Å²) in [5, 5.41) is 0. The first-order valence-corrected chi connectivity index (χ1v) is 22.4. The fraction of sp³-hybridized carbons (Fsp3) is 0.569. The van der Waals surface area contributed by atoms with Crippen LogP contribution in [0.2, 0.25) is 0 Å². The van der Waals surface area contributed by atoms with Gasteiger partial charge in [-0.15, -0.1) is 0 Å². The molecule has 0 aromatic heterocycles. The zero-order chi connectivity index (χ0) is 40.9. The van der Waals surface area contributed by atoms with Crippen molar-refractivity contribution in [3.63, 3.8) is 0 Å². The van der Waals surface area contributed by atoms with E-state index in [1.165, 1.54) is 107 Å². The summed E-state index contributed by atoms with van der Waals surface area (Å²) in [5.74, 6) is 0.534. The van der Waals surface area contributed by atoms with E-state index in [1.54, 1.807) is 6.92 Å². The molecule has 0 spiro atoms. The molecule has 0 amide bonds. The summed E-state index contributed by atoms with van der Waals surface area (Å²) < 4.78 is 16.6. The zero-order valence-electron chi connectivity index (χ0n) is 36.2. The maximum atomic E-state index is 11.5. The standard InChI is InChI=1S/C51H75NO5/c1-42(2)50(53)56-40-24-20-16-12-7-6-10-14-18-22-26-45-29-33-47(34-30-45)52(46-31-27-44(5)28-32-46)48-35-37-49(38-36-48)55-39-23-19-15-11-8-9-13-17-21-25-41-57-51(54)43(3)4/h27-38,42H,3,6-26,39-41H2,1-2,4-5H3. The molecule has 0 radical (unpaired) electrons. The van der Waals surface area contributed by atoms with E-state index in [2.05, 4.69) is 91.2 Å². The summed E-state index contributed by atoms with van der Waals surface area (Å²) in [4.78, 5) is 25.2. The molecular weight excluding hydrogens is 707 g/mol. The second kappa shape index (κ2) is 29.2. The Kier molecular flexibility index (Phi) is 24.2. The van der Waals surface area contributed by atoms with Gasteiger partial charge in [-0.3, -0.25) is 4.79 Å². The van der Waals surface area contributed by atoms with Crippen molar-refractivity contribution in [3.8, 4) is 5.75 Å². The number of esters is 2. The third kappa shape index (κ3) is 20.8. The maximum Gasteiger partial charge on any atom is 0.333 e. The van der Waals surface area contributed by atoms with E-state index in [-0.39, 0.29) is 17.9 Å². The highest BCUT2D eigenvalue weighted by atomic mass is 16.5. The third-order valence-corrected chi connectivity index (χ3v) is 10.5. The normalized spacial score (nSPS) is 11.1. The van der Waals surface area contributed by atoms with Gasteiger partial charge < -0.3 is 19.1 Å². The molecule has 0 atom stereocenters. The lowest BCUT2D eigenvalue weighted by atomic mass is 10.0. The van der Waals surface area contributed by atoms with Crippen molar-refractivity contribution in [1.29, 1.82) is 0 Å². The number of ether oxygens (including phenoxy) is 3. The van der Waals surface area contributed by atoms with Crippen LogP contribution in [0.15, 0.2) is 84.9 Å². The van der Waals surface area contributed by atoms with Gasteiger partial charge in [-0.2, -0.15) is 0 Å². The van der Waals surface area contributed by atoms with E-state index in [1.807, 2.05) is 13.8 Å². The van der Waals surface area contributed by atoms with Crippen LogP contribution in [0, 0.1) is 12.8 Å². The number of hydrogen-bond acceptors (Lipinski definition) is 6. The summed E-state index contributed by atoms with van der Waals surface area (Å²) in [6.45, 7) is 13.0. The van der Waals surface area contributed by atoms with Crippen LogP contribution in [0.4, 0.5) is 17.1 Å². The van der Waals surface area contributed by atoms with Gasteiger partial charge in [-0.25, -0.2) is 4.79 Å². The number of carbonyl (C=O) groups excluding carboxylic acids is 2. The topological polar surface area (TPSA) is 65.1 Å². The molecule has 0 fully saturated rings. The highest BCUT2D eigenvalue weighted by molar-refractivity contribution is 5.86. The molecule has 0 aliphatic rings. The van der Waals surface area contributed by atoms with Crippen molar-refractivity contribution in [3.05, 3.63) is 96.1 Å². The Morgan fingerprint density at radius 2 is 0.912 bits per heavy atom. The number of nitrogens with zero attached hydrogens (tertiary/aromatic N) is 1. The molecule has 57 heavy (non-hydrogen) atoms. The average molecular weight is 782 g/mol. The van der Waals surface area contributed by atoms with Gasteiger partial charge in [-0.1, -0.05) is 153 Å². The van der Waals surface area contributed by atoms with Crippen LogP contribution in [0.1, 0.15) is 160 Å². The third-order valence-electron chi connectivity index (χ3n) is 10.5. The largest absolute Gasteiger partial charge is 0.494 e. The van der Waals surface area contributed by atoms with E-state index in [9.17, 15) is 9.59 Å². The molecule has 0 aliphatic carbocycles. The minimum Gasteiger partial charge on any atom is -0.494 e.